The van der Waals surface area contributed by atoms with Crippen molar-refractivity contribution in [2.45, 2.75) is 31.9 Å². The fourth-order valence-corrected chi connectivity index (χ4v) is 2.91. The van der Waals surface area contributed by atoms with Gasteiger partial charge < -0.3 is 14.7 Å². The number of rotatable bonds is 4. The average molecular weight is 406 g/mol. The van der Waals surface area contributed by atoms with Crippen LogP contribution in [0.3, 0.4) is 0 Å². The van der Waals surface area contributed by atoms with E-state index in [0.29, 0.717) is 13.0 Å². The van der Waals surface area contributed by atoms with Gasteiger partial charge in [-0.3, -0.25) is 0 Å². The highest BCUT2D eigenvalue weighted by Crippen LogP contribution is 2.26. The van der Waals surface area contributed by atoms with Crippen molar-refractivity contribution in [2.75, 3.05) is 13.2 Å². The molecular weight excluding hydrogens is 382 g/mol. The van der Waals surface area contributed by atoms with Crippen LogP contribution >= 0.6 is 15.9 Å². The van der Waals surface area contributed by atoms with Crippen LogP contribution in [0.25, 0.3) is 0 Å². The smallest absolute Gasteiger partial charge is 0.410 e. The summed E-state index contributed by atoms with van der Waals surface area (Å²) in [5, 5.41) is 8.87. The van der Waals surface area contributed by atoms with E-state index in [1.807, 2.05) is 67.6 Å². The second-order valence-corrected chi connectivity index (χ2v) is 6.80. The minimum Gasteiger partial charge on any atom is -0.446 e. The highest BCUT2D eigenvalue weighted by molar-refractivity contribution is 9.10. The predicted molar refractivity (Wildman–Crippen MR) is 102 cm³/mol. The largest absolute Gasteiger partial charge is 0.446 e. The molecule has 1 aliphatic heterocycles. The van der Waals surface area contributed by atoms with Crippen LogP contribution in [0, 0.1) is 0 Å². The van der Waals surface area contributed by atoms with Crippen LogP contribution in [-0.4, -0.2) is 35.4 Å². The number of hydrogen-bond acceptors (Lipinski definition) is 3. The van der Waals surface area contributed by atoms with Gasteiger partial charge in [-0.05, 0) is 24.6 Å². The number of carbonyl (C=O) groups is 1. The zero-order valence-corrected chi connectivity index (χ0v) is 15.9. The highest BCUT2D eigenvalue weighted by atomic mass is 79.9. The van der Waals surface area contributed by atoms with Gasteiger partial charge >= 0.3 is 6.09 Å². The zero-order chi connectivity index (χ0) is 18.1. The van der Waals surface area contributed by atoms with E-state index in [1.54, 1.807) is 4.90 Å². The zero-order valence-electron chi connectivity index (χ0n) is 14.3. The van der Waals surface area contributed by atoms with Crippen molar-refractivity contribution in [1.29, 1.82) is 0 Å². The molecule has 2 atom stereocenters. The second kappa shape index (κ2) is 10.2. The molecule has 0 aliphatic carbocycles. The first-order chi connectivity index (χ1) is 12.1. The lowest BCUT2D eigenvalue weighted by Gasteiger charge is -2.35. The van der Waals surface area contributed by atoms with Crippen molar-refractivity contribution in [1.82, 2.24) is 4.90 Å². The Balaban J connectivity index is 0.000000316. The molecule has 1 fully saturated rings. The summed E-state index contributed by atoms with van der Waals surface area (Å²) in [6, 6.07) is 19.9. The molecule has 1 aliphatic rings. The van der Waals surface area contributed by atoms with Crippen molar-refractivity contribution in [3.05, 3.63) is 70.7 Å². The van der Waals surface area contributed by atoms with Crippen LogP contribution in [0.1, 0.15) is 31.4 Å². The molecule has 134 valence electrons. The Labute approximate surface area is 157 Å². The maximum absolute atomic E-state index is 12.0. The lowest BCUT2D eigenvalue weighted by molar-refractivity contribution is 0.00400. The minimum absolute atomic E-state index is 0.00400. The number of hydrogen-bond donors (Lipinski definition) is 1. The molecule has 3 rings (SSSR count). The summed E-state index contributed by atoms with van der Waals surface area (Å²) in [4.78, 5) is 13.7. The lowest BCUT2D eigenvalue weighted by Crippen LogP contribution is -2.43. The quantitative estimate of drug-likeness (QED) is 0.795. The second-order valence-electron chi connectivity index (χ2n) is 5.88. The number of amides is 1. The minimum atomic E-state index is -0.292. The van der Waals surface area contributed by atoms with Gasteiger partial charge in [0, 0.05) is 30.5 Å². The fraction of sp³-hybridized carbons (Fsp3) is 0.350. The molecule has 0 bridgehead atoms. The van der Waals surface area contributed by atoms with Gasteiger partial charge in [-0.25, -0.2) is 4.79 Å². The number of aliphatic hydroxyl groups excluding tert-OH is 1. The van der Waals surface area contributed by atoms with E-state index in [-0.39, 0.29) is 24.8 Å². The van der Waals surface area contributed by atoms with Gasteiger partial charge in [-0.15, -0.1) is 0 Å². The molecule has 1 amide bonds. The Hall–Kier alpha value is -1.85. The van der Waals surface area contributed by atoms with E-state index in [2.05, 4.69) is 15.9 Å². The van der Waals surface area contributed by atoms with E-state index >= 15 is 0 Å². The summed E-state index contributed by atoms with van der Waals surface area (Å²) in [6.45, 7) is 2.72. The molecule has 0 radical (unpaired) electrons. The molecule has 1 saturated heterocycles. The topological polar surface area (TPSA) is 49.8 Å². The van der Waals surface area contributed by atoms with Gasteiger partial charge in [0.1, 0.15) is 6.10 Å². The third kappa shape index (κ3) is 6.18. The van der Waals surface area contributed by atoms with E-state index in [9.17, 15) is 4.79 Å². The first kappa shape index (κ1) is 19.5. The molecule has 4 nitrogen and oxygen atoms in total. The van der Waals surface area contributed by atoms with E-state index < -0.39 is 0 Å². The molecule has 25 heavy (non-hydrogen) atoms. The number of cyclic esters (lactones) is 1. The Kier molecular flexibility index (Phi) is 7.95. The number of nitrogens with zero attached hydrogens (tertiary/aromatic N) is 1. The van der Waals surface area contributed by atoms with E-state index in [0.717, 1.165) is 16.5 Å². The highest BCUT2D eigenvalue weighted by Gasteiger charge is 2.30. The third-order valence-corrected chi connectivity index (χ3v) is 4.66. The standard InChI is InChI=1S/C14H18BrNO3.C6H6/c1-10(11-2-4-12(15)5-3-11)16-8-6-13(7-9-17)19-14(16)18;1-2-4-6-5-3-1/h2-5,10,13,17H,6-9H2,1H3;1-6H. The predicted octanol–water partition coefficient (Wildman–Crippen LogP) is 4.79. The Morgan fingerprint density at radius 3 is 2.20 bits per heavy atom. The van der Waals surface area contributed by atoms with E-state index in [4.69, 9.17) is 9.84 Å². The first-order valence-electron chi connectivity index (χ1n) is 8.45. The van der Waals surface area contributed by atoms with Gasteiger partial charge in [-0.1, -0.05) is 64.5 Å². The maximum atomic E-state index is 12.0. The lowest BCUT2D eigenvalue weighted by atomic mass is 10.1. The molecule has 1 heterocycles. The van der Waals surface area contributed by atoms with Gasteiger partial charge in [-0.2, -0.15) is 0 Å². The molecule has 0 saturated carbocycles. The summed E-state index contributed by atoms with van der Waals surface area (Å²) in [5.41, 5.74) is 1.08. The van der Waals surface area contributed by atoms with Gasteiger partial charge in [0.15, 0.2) is 0 Å². The first-order valence-corrected chi connectivity index (χ1v) is 9.24. The molecular formula is C20H24BrNO3. The van der Waals surface area contributed by atoms with Gasteiger partial charge in [0.25, 0.3) is 0 Å². The normalized spacial score (nSPS) is 18.0. The number of halogens is 1. The van der Waals surface area contributed by atoms with Crippen LogP contribution < -0.4 is 0 Å². The van der Waals surface area contributed by atoms with Crippen molar-refractivity contribution in [3.63, 3.8) is 0 Å². The van der Waals surface area contributed by atoms with Crippen molar-refractivity contribution in [2.24, 2.45) is 0 Å². The van der Waals surface area contributed by atoms with Crippen molar-refractivity contribution in [3.8, 4) is 0 Å². The summed E-state index contributed by atoms with van der Waals surface area (Å²) >= 11 is 3.40. The molecule has 1 N–H and O–H groups in total. The molecule has 2 unspecified atom stereocenters. The number of ether oxygens (including phenoxy) is 1. The van der Waals surface area contributed by atoms with Gasteiger partial charge in [0.2, 0.25) is 0 Å². The van der Waals surface area contributed by atoms with Crippen molar-refractivity contribution < 1.29 is 14.6 Å². The molecule has 5 heteroatoms. The Bertz CT molecular complexity index is 606. The maximum Gasteiger partial charge on any atom is 0.410 e. The van der Waals surface area contributed by atoms with E-state index in [1.165, 1.54) is 0 Å². The molecule has 0 spiro atoms. The monoisotopic (exact) mass is 405 g/mol. The fourth-order valence-electron chi connectivity index (χ4n) is 2.65. The van der Waals surface area contributed by atoms with Crippen LogP contribution in [0.5, 0.6) is 0 Å². The summed E-state index contributed by atoms with van der Waals surface area (Å²) in [5.74, 6) is 0. The average Bonchev–Trinajstić information content (AvgIpc) is 2.64. The summed E-state index contributed by atoms with van der Waals surface area (Å²) in [7, 11) is 0. The number of benzene rings is 2. The third-order valence-electron chi connectivity index (χ3n) is 4.13. The number of aliphatic hydroxyl groups is 1. The number of carbonyl (C=O) groups excluding carboxylic acids is 1. The van der Waals surface area contributed by atoms with Crippen LogP contribution in [0.15, 0.2) is 65.1 Å². The Morgan fingerprint density at radius 1 is 1.16 bits per heavy atom. The molecule has 2 aromatic rings. The van der Waals surface area contributed by atoms with Crippen LogP contribution in [0.2, 0.25) is 0 Å². The SMILES string of the molecule is CC(c1ccc(Br)cc1)N1CCC(CCO)OC1=O.c1ccccc1. The Morgan fingerprint density at radius 2 is 1.72 bits per heavy atom. The van der Waals surface area contributed by atoms with Crippen LogP contribution in [0.4, 0.5) is 4.79 Å². The van der Waals surface area contributed by atoms with Gasteiger partial charge in [0.05, 0.1) is 6.04 Å². The van der Waals surface area contributed by atoms with Crippen molar-refractivity contribution >= 4 is 22.0 Å². The van der Waals surface area contributed by atoms with Crippen LogP contribution in [-0.2, 0) is 4.74 Å². The molecule has 2 aromatic carbocycles. The molecule has 0 aromatic heterocycles. The summed E-state index contributed by atoms with van der Waals surface area (Å²) < 4.78 is 6.34. The summed E-state index contributed by atoms with van der Waals surface area (Å²) in [6.07, 6.45) is 0.852.